The Bertz CT molecular complexity index is 1160. The van der Waals surface area contributed by atoms with Gasteiger partial charge in [0.2, 0.25) is 5.91 Å². The Balaban J connectivity index is 1.36. The number of carbonyl (C=O) groups excluding carboxylic acids is 2. The third-order valence-corrected chi connectivity index (χ3v) is 6.60. The number of rotatable bonds is 7. The molecule has 1 aromatic carbocycles. The second-order valence-electron chi connectivity index (χ2n) is 9.54. The highest BCUT2D eigenvalue weighted by atomic mass is 19.1. The predicted molar refractivity (Wildman–Crippen MR) is 131 cm³/mol. The molecule has 0 aliphatic carbocycles. The van der Waals surface area contributed by atoms with Gasteiger partial charge in [0.05, 0.1) is 12.8 Å². The molecule has 0 radical (unpaired) electrons. The number of ether oxygens (including phenoxy) is 1. The largest absolute Gasteiger partial charge is 0.494 e. The number of methoxy groups -OCH3 is 1. The topological polar surface area (TPSA) is 106 Å². The van der Waals surface area contributed by atoms with Crippen molar-refractivity contribution in [2.45, 2.75) is 52.7 Å². The normalized spacial score (nSPS) is 18.1. The van der Waals surface area contributed by atoms with E-state index in [0.29, 0.717) is 35.1 Å². The summed E-state index contributed by atoms with van der Waals surface area (Å²) < 4.78 is 18.6. The number of amides is 2. The summed E-state index contributed by atoms with van der Waals surface area (Å²) in [6, 6.07) is 6.04. The van der Waals surface area contributed by atoms with E-state index in [4.69, 9.17) is 9.57 Å². The monoisotopic (exact) mass is 497 g/mol. The fourth-order valence-corrected chi connectivity index (χ4v) is 4.58. The minimum atomic E-state index is -0.462. The molecule has 1 unspecified atom stereocenters. The van der Waals surface area contributed by atoms with Crippen LogP contribution in [0.2, 0.25) is 0 Å². The van der Waals surface area contributed by atoms with E-state index in [1.54, 1.807) is 25.1 Å². The zero-order valence-corrected chi connectivity index (χ0v) is 21.1. The Kier molecular flexibility index (Phi) is 7.81. The first-order valence-electron chi connectivity index (χ1n) is 12.2. The molecule has 2 amide bonds. The maximum Gasteiger partial charge on any atom is 0.270 e. The van der Waals surface area contributed by atoms with Gasteiger partial charge in [-0.05, 0) is 43.5 Å². The van der Waals surface area contributed by atoms with Crippen LogP contribution in [0, 0.1) is 24.6 Å². The molecule has 0 saturated carbocycles. The van der Waals surface area contributed by atoms with Gasteiger partial charge in [0.25, 0.3) is 5.91 Å². The smallest absolute Gasteiger partial charge is 0.270 e. The van der Waals surface area contributed by atoms with E-state index in [2.05, 4.69) is 20.4 Å². The SMILES string of the molecule is COc1cc(CNC(=O)c2cc(C3=NOC(C4CCN(C(=O)C(C)C)CC4)C3)nc(C)n2)ccc1F. The average molecular weight is 498 g/mol. The molecule has 1 atom stereocenters. The molecule has 3 heterocycles. The van der Waals surface area contributed by atoms with Gasteiger partial charge >= 0.3 is 0 Å². The lowest BCUT2D eigenvalue weighted by Gasteiger charge is -2.34. The maximum absolute atomic E-state index is 13.6. The van der Waals surface area contributed by atoms with Gasteiger partial charge in [-0.3, -0.25) is 9.59 Å². The summed E-state index contributed by atoms with van der Waals surface area (Å²) >= 11 is 0. The molecule has 9 nitrogen and oxygen atoms in total. The number of likely N-dealkylation sites (tertiary alicyclic amines) is 1. The van der Waals surface area contributed by atoms with Crippen molar-refractivity contribution in [2.75, 3.05) is 20.2 Å². The van der Waals surface area contributed by atoms with Crippen molar-refractivity contribution in [3.05, 3.63) is 52.9 Å². The highest BCUT2D eigenvalue weighted by Crippen LogP contribution is 2.30. The van der Waals surface area contributed by atoms with Crippen molar-refractivity contribution in [1.82, 2.24) is 20.2 Å². The zero-order chi connectivity index (χ0) is 25.8. The minimum Gasteiger partial charge on any atom is -0.494 e. The van der Waals surface area contributed by atoms with Crippen LogP contribution < -0.4 is 10.1 Å². The quantitative estimate of drug-likeness (QED) is 0.630. The summed E-state index contributed by atoms with van der Waals surface area (Å²) in [5.74, 6) is 0.240. The molecular weight excluding hydrogens is 465 g/mol. The Morgan fingerprint density at radius 3 is 2.67 bits per heavy atom. The number of nitrogens with zero attached hydrogens (tertiary/aromatic N) is 4. The van der Waals surface area contributed by atoms with Gasteiger partial charge in [-0.1, -0.05) is 25.1 Å². The highest BCUT2D eigenvalue weighted by molar-refractivity contribution is 6.02. The third-order valence-electron chi connectivity index (χ3n) is 6.60. The van der Waals surface area contributed by atoms with Crippen LogP contribution in [0.3, 0.4) is 0 Å². The molecule has 1 N–H and O–H groups in total. The van der Waals surface area contributed by atoms with E-state index in [0.717, 1.165) is 25.9 Å². The molecule has 1 saturated heterocycles. The van der Waals surface area contributed by atoms with Crippen molar-refractivity contribution in [3.63, 3.8) is 0 Å². The number of nitrogens with one attached hydrogen (secondary N) is 1. The molecule has 36 heavy (non-hydrogen) atoms. The van der Waals surface area contributed by atoms with Crippen molar-refractivity contribution in [2.24, 2.45) is 17.0 Å². The van der Waals surface area contributed by atoms with Crippen LogP contribution in [0.1, 0.15) is 60.7 Å². The Labute approximate surface area is 210 Å². The van der Waals surface area contributed by atoms with Crippen LogP contribution in [0.25, 0.3) is 0 Å². The number of hydrogen-bond donors (Lipinski definition) is 1. The lowest BCUT2D eigenvalue weighted by atomic mass is 9.88. The summed E-state index contributed by atoms with van der Waals surface area (Å²) in [7, 11) is 1.39. The van der Waals surface area contributed by atoms with Crippen LogP contribution in [-0.2, 0) is 16.2 Å². The van der Waals surface area contributed by atoms with Gasteiger partial charge in [-0.15, -0.1) is 0 Å². The van der Waals surface area contributed by atoms with Crippen molar-refractivity contribution in [1.29, 1.82) is 0 Å². The van der Waals surface area contributed by atoms with Gasteiger partial charge in [0.1, 0.15) is 23.3 Å². The lowest BCUT2D eigenvalue weighted by Crippen LogP contribution is -2.43. The van der Waals surface area contributed by atoms with Crippen LogP contribution in [0.15, 0.2) is 29.4 Å². The fraction of sp³-hybridized carbons (Fsp3) is 0.500. The summed E-state index contributed by atoms with van der Waals surface area (Å²) in [5.41, 5.74) is 2.16. The second-order valence-corrected chi connectivity index (χ2v) is 9.54. The number of aromatic nitrogens is 2. The van der Waals surface area contributed by atoms with E-state index in [-0.39, 0.29) is 41.8 Å². The lowest BCUT2D eigenvalue weighted by molar-refractivity contribution is -0.136. The van der Waals surface area contributed by atoms with Crippen LogP contribution in [-0.4, -0.2) is 58.7 Å². The summed E-state index contributed by atoms with van der Waals surface area (Å²) in [5, 5.41) is 7.07. The van der Waals surface area contributed by atoms with Crippen molar-refractivity contribution in [3.8, 4) is 5.75 Å². The molecule has 1 fully saturated rings. The van der Waals surface area contributed by atoms with Crippen molar-refractivity contribution < 1.29 is 23.6 Å². The summed E-state index contributed by atoms with van der Waals surface area (Å²) in [6.07, 6.45) is 2.26. The molecule has 0 spiro atoms. The second kappa shape index (κ2) is 11.0. The van der Waals surface area contributed by atoms with Crippen LogP contribution in [0.4, 0.5) is 4.39 Å². The molecule has 10 heteroatoms. The van der Waals surface area contributed by atoms with Gasteiger partial charge in [-0.2, -0.15) is 0 Å². The van der Waals surface area contributed by atoms with E-state index in [1.165, 1.54) is 13.2 Å². The number of halogens is 1. The van der Waals surface area contributed by atoms with Crippen molar-refractivity contribution >= 4 is 17.5 Å². The summed E-state index contributed by atoms with van der Waals surface area (Å²) in [4.78, 5) is 41.5. The molecule has 0 bridgehead atoms. The van der Waals surface area contributed by atoms with E-state index in [1.807, 2.05) is 18.7 Å². The molecule has 2 aromatic rings. The number of hydrogen-bond acceptors (Lipinski definition) is 7. The predicted octanol–water partition coefficient (Wildman–Crippen LogP) is 3.25. The maximum atomic E-state index is 13.6. The van der Waals surface area contributed by atoms with E-state index in [9.17, 15) is 14.0 Å². The first-order valence-corrected chi connectivity index (χ1v) is 12.2. The van der Waals surface area contributed by atoms with Crippen LogP contribution in [0.5, 0.6) is 5.75 Å². The first kappa shape index (κ1) is 25.5. The molecule has 192 valence electrons. The van der Waals surface area contributed by atoms with Gasteiger partial charge in [0.15, 0.2) is 11.6 Å². The molecular formula is C26H32FN5O4. The zero-order valence-electron chi connectivity index (χ0n) is 21.1. The van der Waals surface area contributed by atoms with E-state index < -0.39 is 5.82 Å². The third kappa shape index (κ3) is 5.80. The number of aryl methyl sites for hydroxylation is 1. The number of oxime groups is 1. The van der Waals surface area contributed by atoms with Gasteiger partial charge < -0.3 is 19.8 Å². The fourth-order valence-electron chi connectivity index (χ4n) is 4.58. The molecule has 2 aliphatic heterocycles. The Hall–Kier alpha value is -3.56. The average Bonchev–Trinajstić information content (AvgIpc) is 3.37. The Morgan fingerprint density at radius 2 is 1.97 bits per heavy atom. The Morgan fingerprint density at radius 1 is 1.22 bits per heavy atom. The first-order chi connectivity index (χ1) is 17.2. The van der Waals surface area contributed by atoms with Gasteiger partial charge in [-0.25, -0.2) is 14.4 Å². The summed E-state index contributed by atoms with van der Waals surface area (Å²) in [6.45, 7) is 7.22. The van der Waals surface area contributed by atoms with Crippen LogP contribution >= 0.6 is 0 Å². The highest BCUT2D eigenvalue weighted by Gasteiger charge is 2.34. The minimum absolute atomic E-state index is 0.00476. The molecule has 2 aliphatic rings. The number of carbonyl (C=O) groups is 2. The standard InChI is InChI=1S/C26H32FN5O4/c1-15(2)26(34)32-9-7-18(8-10-32)23-13-21(31-36-23)20-12-22(30-16(3)29-20)25(33)28-14-17-5-6-19(27)24(11-17)35-4/h5-6,11-12,15,18,23H,7-10,13-14H2,1-4H3,(H,28,33). The number of benzene rings is 1. The number of piperidine rings is 1. The van der Waals surface area contributed by atoms with E-state index >= 15 is 0 Å². The van der Waals surface area contributed by atoms with Gasteiger partial charge in [0, 0.05) is 37.9 Å². The molecule has 4 rings (SSSR count). The molecule has 1 aromatic heterocycles.